The van der Waals surface area contributed by atoms with Crippen molar-refractivity contribution >= 4 is 5.69 Å². The Labute approximate surface area is 79.1 Å². The third-order valence-electron chi connectivity index (χ3n) is 2.66. The molecule has 1 saturated carbocycles. The predicted molar refractivity (Wildman–Crippen MR) is 55.3 cm³/mol. The SMILES string of the molecule is CC1CC1NCc1ccc(N)cc1. The van der Waals surface area contributed by atoms with Crippen LogP contribution in [0.3, 0.4) is 0 Å². The Morgan fingerprint density at radius 3 is 2.54 bits per heavy atom. The Morgan fingerprint density at radius 1 is 1.38 bits per heavy atom. The summed E-state index contributed by atoms with van der Waals surface area (Å²) in [5.41, 5.74) is 7.75. The van der Waals surface area contributed by atoms with Gasteiger partial charge in [-0.05, 0) is 30.0 Å². The average Bonchev–Trinajstić information content (AvgIpc) is 2.81. The molecule has 0 heterocycles. The molecule has 0 radical (unpaired) electrons. The van der Waals surface area contributed by atoms with Gasteiger partial charge in [0.15, 0.2) is 0 Å². The highest BCUT2D eigenvalue weighted by molar-refractivity contribution is 5.39. The standard InChI is InChI=1S/C11H16N2/c1-8-6-11(8)13-7-9-2-4-10(12)5-3-9/h2-5,8,11,13H,6-7,12H2,1H3. The van der Waals surface area contributed by atoms with Gasteiger partial charge in [0.1, 0.15) is 0 Å². The van der Waals surface area contributed by atoms with Crippen molar-refractivity contribution in [2.24, 2.45) is 5.92 Å². The zero-order chi connectivity index (χ0) is 9.26. The number of nitrogens with two attached hydrogens (primary N) is 1. The van der Waals surface area contributed by atoms with Crippen molar-refractivity contribution in [3.63, 3.8) is 0 Å². The molecular formula is C11H16N2. The third-order valence-corrected chi connectivity index (χ3v) is 2.66. The lowest BCUT2D eigenvalue weighted by Crippen LogP contribution is -2.16. The minimum Gasteiger partial charge on any atom is -0.399 e. The van der Waals surface area contributed by atoms with Crippen LogP contribution in [-0.4, -0.2) is 6.04 Å². The Kier molecular flexibility index (Phi) is 2.23. The van der Waals surface area contributed by atoms with Crippen LogP contribution in [0.4, 0.5) is 5.69 Å². The van der Waals surface area contributed by atoms with Crippen molar-refractivity contribution in [1.82, 2.24) is 5.32 Å². The first kappa shape index (κ1) is 8.57. The van der Waals surface area contributed by atoms with Crippen molar-refractivity contribution in [3.8, 4) is 0 Å². The summed E-state index contributed by atoms with van der Waals surface area (Å²) in [5.74, 6) is 0.869. The molecule has 0 spiro atoms. The van der Waals surface area contributed by atoms with E-state index in [2.05, 4.69) is 24.4 Å². The van der Waals surface area contributed by atoms with E-state index in [-0.39, 0.29) is 0 Å². The van der Waals surface area contributed by atoms with Crippen LogP contribution < -0.4 is 11.1 Å². The Morgan fingerprint density at radius 2 is 2.00 bits per heavy atom. The molecule has 1 aliphatic carbocycles. The molecule has 0 saturated heterocycles. The van der Waals surface area contributed by atoms with Gasteiger partial charge in [0.25, 0.3) is 0 Å². The van der Waals surface area contributed by atoms with Crippen LogP contribution in [0, 0.1) is 5.92 Å². The zero-order valence-electron chi connectivity index (χ0n) is 7.96. The van der Waals surface area contributed by atoms with Gasteiger partial charge in [0, 0.05) is 18.3 Å². The maximum absolute atomic E-state index is 5.60. The minimum atomic E-state index is 0.748. The fourth-order valence-corrected chi connectivity index (χ4v) is 1.49. The molecule has 1 fully saturated rings. The smallest absolute Gasteiger partial charge is 0.0314 e. The Balaban J connectivity index is 1.84. The molecule has 2 heteroatoms. The molecule has 0 aliphatic heterocycles. The molecule has 2 atom stereocenters. The van der Waals surface area contributed by atoms with Crippen LogP contribution in [0.25, 0.3) is 0 Å². The molecule has 70 valence electrons. The van der Waals surface area contributed by atoms with Gasteiger partial charge in [-0.3, -0.25) is 0 Å². The highest BCUT2D eigenvalue weighted by atomic mass is 15.0. The topological polar surface area (TPSA) is 38.0 Å². The normalized spacial score (nSPS) is 25.9. The Hall–Kier alpha value is -1.02. The van der Waals surface area contributed by atoms with Crippen LogP contribution in [-0.2, 0) is 6.54 Å². The summed E-state index contributed by atoms with van der Waals surface area (Å²) in [6.45, 7) is 3.25. The van der Waals surface area contributed by atoms with Gasteiger partial charge in [-0.1, -0.05) is 19.1 Å². The van der Waals surface area contributed by atoms with Crippen LogP contribution >= 0.6 is 0 Å². The van der Waals surface area contributed by atoms with Crippen molar-refractivity contribution in [3.05, 3.63) is 29.8 Å². The molecule has 1 aromatic carbocycles. The summed E-state index contributed by atoms with van der Waals surface area (Å²) in [5, 5.41) is 3.50. The lowest BCUT2D eigenvalue weighted by atomic mass is 10.2. The van der Waals surface area contributed by atoms with Crippen LogP contribution in [0.1, 0.15) is 18.9 Å². The lowest BCUT2D eigenvalue weighted by Gasteiger charge is -2.03. The molecule has 1 aliphatic rings. The second-order valence-corrected chi connectivity index (χ2v) is 3.94. The van der Waals surface area contributed by atoms with Gasteiger partial charge < -0.3 is 11.1 Å². The number of rotatable bonds is 3. The van der Waals surface area contributed by atoms with Crippen molar-refractivity contribution in [2.75, 3.05) is 5.73 Å². The number of hydrogen-bond donors (Lipinski definition) is 2. The van der Waals surface area contributed by atoms with Gasteiger partial charge in [-0.2, -0.15) is 0 Å². The van der Waals surface area contributed by atoms with E-state index in [0.29, 0.717) is 0 Å². The lowest BCUT2D eigenvalue weighted by molar-refractivity contribution is 0.652. The highest BCUT2D eigenvalue weighted by Crippen LogP contribution is 2.29. The summed E-state index contributed by atoms with van der Waals surface area (Å²) in [6.07, 6.45) is 1.33. The summed E-state index contributed by atoms with van der Waals surface area (Å²) in [6, 6.07) is 8.81. The van der Waals surface area contributed by atoms with Crippen LogP contribution in [0.15, 0.2) is 24.3 Å². The van der Waals surface area contributed by atoms with Crippen molar-refractivity contribution in [2.45, 2.75) is 25.9 Å². The fraction of sp³-hybridized carbons (Fsp3) is 0.455. The average molecular weight is 176 g/mol. The molecule has 13 heavy (non-hydrogen) atoms. The number of hydrogen-bond acceptors (Lipinski definition) is 2. The highest BCUT2D eigenvalue weighted by Gasteiger charge is 2.31. The predicted octanol–water partition coefficient (Wildman–Crippen LogP) is 1.77. The molecule has 0 amide bonds. The minimum absolute atomic E-state index is 0.748. The first-order chi connectivity index (χ1) is 6.25. The second-order valence-electron chi connectivity index (χ2n) is 3.94. The van der Waals surface area contributed by atoms with E-state index >= 15 is 0 Å². The van der Waals surface area contributed by atoms with E-state index in [0.717, 1.165) is 24.2 Å². The van der Waals surface area contributed by atoms with Gasteiger partial charge in [0.2, 0.25) is 0 Å². The summed E-state index contributed by atoms with van der Waals surface area (Å²) in [7, 11) is 0. The quantitative estimate of drug-likeness (QED) is 0.689. The van der Waals surface area contributed by atoms with Crippen molar-refractivity contribution < 1.29 is 0 Å². The zero-order valence-corrected chi connectivity index (χ0v) is 7.96. The first-order valence-corrected chi connectivity index (χ1v) is 4.83. The van der Waals surface area contributed by atoms with E-state index in [4.69, 9.17) is 5.73 Å². The van der Waals surface area contributed by atoms with Crippen LogP contribution in [0.5, 0.6) is 0 Å². The van der Waals surface area contributed by atoms with E-state index in [9.17, 15) is 0 Å². The molecule has 2 unspecified atom stereocenters. The molecular weight excluding hydrogens is 160 g/mol. The Bertz CT molecular complexity index is 279. The van der Waals surface area contributed by atoms with E-state index in [1.165, 1.54) is 12.0 Å². The summed E-state index contributed by atoms with van der Waals surface area (Å²) >= 11 is 0. The van der Waals surface area contributed by atoms with Gasteiger partial charge >= 0.3 is 0 Å². The summed E-state index contributed by atoms with van der Waals surface area (Å²) in [4.78, 5) is 0. The fourth-order valence-electron chi connectivity index (χ4n) is 1.49. The largest absolute Gasteiger partial charge is 0.399 e. The van der Waals surface area contributed by atoms with Gasteiger partial charge in [0.05, 0.1) is 0 Å². The summed E-state index contributed by atoms with van der Waals surface area (Å²) < 4.78 is 0. The molecule has 1 aromatic rings. The van der Waals surface area contributed by atoms with Crippen molar-refractivity contribution in [1.29, 1.82) is 0 Å². The van der Waals surface area contributed by atoms with E-state index < -0.39 is 0 Å². The van der Waals surface area contributed by atoms with E-state index in [1.54, 1.807) is 0 Å². The second kappa shape index (κ2) is 3.38. The van der Waals surface area contributed by atoms with E-state index in [1.807, 2.05) is 12.1 Å². The molecule has 2 rings (SSSR count). The number of benzene rings is 1. The number of nitrogens with one attached hydrogen (secondary N) is 1. The molecule has 3 N–H and O–H groups in total. The first-order valence-electron chi connectivity index (χ1n) is 4.83. The van der Waals surface area contributed by atoms with Gasteiger partial charge in [-0.25, -0.2) is 0 Å². The number of nitrogen functional groups attached to an aromatic ring is 1. The molecule has 0 aromatic heterocycles. The number of anilines is 1. The monoisotopic (exact) mass is 176 g/mol. The maximum Gasteiger partial charge on any atom is 0.0314 e. The maximum atomic E-state index is 5.60. The van der Waals surface area contributed by atoms with Gasteiger partial charge in [-0.15, -0.1) is 0 Å². The molecule has 2 nitrogen and oxygen atoms in total. The third kappa shape index (κ3) is 2.22. The molecule has 0 bridgehead atoms. The van der Waals surface area contributed by atoms with Crippen LogP contribution in [0.2, 0.25) is 0 Å².